The zero-order valence-electron chi connectivity index (χ0n) is 17.5. The Balaban J connectivity index is 2.06. The molecule has 0 saturated carbocycles. The molecule has 0 bridgehead atoms. The molecule has 2 N–H and O–H groups in total. The van der Waals surface area contributed by atoms with Crippen LogP contribution in [0.25, 0.3) is 0 Å². The maximum atomic E-state index is 12.6. The van der Waals surface area contributed by atoms with Gasteiger partial charge in [0, 0.05) is 18.8 Å². The Morgan fingerprint density at radius 3 is 2.23 bits per heavy atom. The van der Waals surface area contributed by atoms with E-state index in [1.807, 2.05) is 13.8 Å². The Kier molecular flexibility index (Phi) is 8.33. The van der Waals surface area contributed by atoms with Gasteiger partial charge in [0.2, 0.25) is 10.0 Å². The van der Waals surface area contributed by atoms with E-state index in [0.717, 1.165) is 0 Å². The highest BCUT2D eigenvalue weighted by Gasteiger charge is 2.21. The van der Waals surface area contributed by atoms with Gasteiger partial charge in [-0.1, -0.05) is 26.0 Å². The molecule has 0 spiro atoms. The second-order valence-corrected chi connectivity index (χ2v) is 9.03. The number of hydrogen-bond acceptors (Lipinski definition) is 5. The van der Waals surface area contributed by atoms with Crippen molar-refractivity contribution in [2.75, 3.05) is 18.4 Å². The van der Waals surface area contributed by atoms with Gasteiger partial charge in [-0.25, -0.2) is 8.42 Å². The van der Waals surface area contributed by atoms with Crippen molar-refractivity contribution in [1.29, 1.82) is 0 Å². The average molecular weight is 450 g/mol. The highest BCUT2D eigenvalue weighted by atomic mass is 32.2. The van der Waals surface area contributed by atoms with Crippen LogP contribution in [0.15, 0.2) is 53.4 Å². The molecular formula is C21H27N3O4S2. The Labute approximate surface area is 183 Å². The molecule has 1 amide bonds. The number of para-hydroxylation sites is 1. The van der Waals surface area contributed by atoms with Crippen LogP contribution in [-0.4, -0.2) is 42.9 Å². The van der Waals surface area contributed by atoms with Gasteiger partial charge in [0.25, 0.3) is 5.91 Å². The number of anilines is 1. The molecule has 0 heterocycles. The lowest BCUT2D eigenvalue weighted by Crippen LogP contribution is -2.34. The van der Waals surface area contributed by atoms with Gasteiger partial charge in [-0.05, 0) is 62.5 Å². The van der Waals surface area contributed by atoms with Gasteiger partial charge in [-0.2, -0.15) is 4.31 Å². The van der Waals surface area contributed by atoms with Crippen molar-refractivity contribution in [3.05, 3.63) is 54.1 Å². The van der Waals surface area contributed by atoms with E-state index in [4.69, 9.17) is 17.0 Å². The first-order chi connectivity index (χ1) is 14.2. The van der Waals surface area contributed by atoms with Crippen LogP contribution in [0.3, 0.4) is 0 Å². The summed E-state index contributed by atoms with van der Waals surface area (Å²) in [4.78, 5) is 12.8. The van der Waals surface area contributed by atoms with Crippen molar-refractivity contribution < 1.29 is 17.9 Å². The van der Waals surface area contributed by atoms with E-state index in [1.54, 1.807) is 50.2 Å². The topological polar surface area (TPSA) is 87.7 Å². The zero-order chi connectivity index (χ0) is 22.3. The molecule has 7 nitrogen and oxygen atoms in total. The average Bonchev–Trinajstić information content (AvgIpc) is 2.69. The summed E-state index contributed by atoms with van der Waals surface area (Å²) in [5.41, 5.74) is 0.932. The Morgan fingerprint density at radius 2 is 1.67 bits per heavy atom. The largest absolute Gasteiger partial charge is 0.490 e. The van der Waals surface area contributed by atoms with Crippen molar-refractivity contribution in [2.45, 2.75) is 38.7 Å². The molecule has 2 aromatic rings. The lowest BCUT2D eigenvalue weighted by atomic mass is 10.2. The van der Waals surface area contributed by atoms with Gasteiger partial charge in [0.1, 0.15) is 5.75 Å². The summed E-state index contributed by atoms with van der Waals surface area (Å²) in [6.45, 7) is 8.15. The van der Waals surface area contributed by atoms with Crippen LogP contribution in [-0.2, 0) is 10.0 Å². The molecule has 0 aliphatic rings. The summed E-state index contributed by atoms with van der Waals surface area (Å²) in [6, 6.07) is 13.1. The number of nitrogens with one attached hydrogen (secondary N) is 2. The summed E-state index contributed by atoms with van der Waals surface area (Å²) in [7, 11) is -3.53. The number of ether oxygens (including phenoxy) is 1. The predicted molar refractivity (Wildman–Crippen MR) is 122 cm³/mol. The van der Waals surface area contributed by atoms with Gasteiger partial charge in [-0.3, -0.25) is 10.1 Å². The third-order valence-corrected chi connectivity index (χ3v) is 6.45. The third-order valence-electron chi connectivity index (χ3n) is 4.18. The van der Waals surface area contributed by atoms with E-state index < -0.39 is 15.9 Å². The van der Waals surface area contributed by atoms with Gasteiger partial charge < -0.3 is 10.1 Å². The van der Waals surface area contributed by atoms with Crippen molar-refractivity contribution in [3.8, 4) is 5.75 Å². The first-order valence-corrected chi connectivity index (χ1v) is 11.5. The number of hydrogen-bond donors (Lipinski definition) is 2. The number of carbonyl (C=O) groups is 1. The summed E-state index contributed by atoms with van der Waals surface area (Å²) < 4.78 is 32.1. The fourth-order valence-electron chi connectivity index (χ4n) is 2.77. The van der Waals surface area contributed by atoms with E-state index in [1.165, 1.54) is 16.4 Å². The second kappa shape index (κ2) is 10.5. The number of benzene rings is 2. The molecule has 2 aromatic carbocycles. The van der Waals surface area contributed by atoms with E-state index in [0.29, 0.717) is 30.1 Å². The van der Waals surface area contributed by atoms with Crippen molar-refractivity contribution in [3.63, 3.8) is 0 Å². The van der Waals surface area contributed by atoms with Crippen LogP contribution in [0.1, 0.15) is 38.1 Å². The van der Waals surface area contributed by atoms with E-state index in [-0.39, 0.29) is 16.1 Å². The fraction of sp³-hybridized carbons (Fsp3) is 0.333. The summed E-state index contributed by atoms with van der Waals surface area (Å²) >= 11 is 5.22. The molecule has 0 aliphatic heterocycles. The highest BCUT2D eigenvalue weighted by molar-refractivity contribution is 7.89. The molecule has 0 unspecified atom stereocenters. The molecule has 0 aliphatic carbocycles. The molecule has 2 rings (SSSR count). The van der Waals surface area contributed by atoms with Crippen LogP contribution in [0.2, 0.25) is 0 Å². The molecule has 30 heavy (non-hydrogen) atoms. The van der Waals surface area contributed by atoms with Crippen LogP contribution >= 0.6 is 12.2 Å². The zero-order valence-corrected chi connectivity index (χ0v) is 19.1. The molecule has 0 atom stereocenters. The molecule has 9 heteroatoms. The van der Waals surface area contributed by atoms with Gasteiger partial charge in [0.05, 0.1) is 16.6 Å². The number of nitrogens with zero attached hydrogens (tertiary/aromatic N) is 1. The maximum Gasteiger partial charge on any atom is 0.261 e. The molecular weight excluding hydrogens is 422 g/mol. The van der Waals surface area contributed by atoms with Crippen LogP contribution < -0.4 is 15.4 Å². The first-order valence-electron chi connectivity index (χ1n) is 9.67. The smallest absolute Gasteiger partial charge is 0.261 e. The minimum Gasteiger partial charge on any atom is -0.490 e. The number of thiocarbonyl (C=S) groups is 1. The van der Waals surface area contributed by atoms with E-state index in [2.05, 4.69) is 10.6 Å². The number of sulfonamides is 1. The van der Waals surface area contributed by atoms with E-state index in [9.17, 15) is 13.2 Å². The van der Waals surface area contributed by atoms with Crippen molar-refractivity contribution >= 4 is 38.9 Å². The molecule has 0 saturated heterocycles. The fourth-order valence-corrected chi connectivity index (χ4v) is 4.44. The van der Waals surface area contributed by atoms with Crippen LogP contribution in [0, 0.1) is 0 Å². The van der Waals surface area contributed by atoms with Crippen LogP contribution in [0.4, 0.5) is 5.69 Å². The molecule has 0 radical (unpaired) electrons. The van der Waals surface area contributed by atoms with Crippen LogP contribution in [0.5, 0.6) is 5.75 Å². The van der Waals surface area contributed by atoms with Gasteiger partial charge >= 0.3 is 0 Å². The minimum absolute atomic E-state index is 0.0739. The third kappa shape index (κ3) is 6.01. The standard InChI is InChI=1S/C21H27N3O4S2/c1-5-24(6-2)30(26,27)17-13-11-16(12-14-17)22-21(29)23-20(25)18-9-7-8-10-19(18)28-15(3)4/h7-15H,5-6H2,1-4H3,(H2,22,23,25,29). The summed E-state index contributed by atoms with van der Waals surface area (Å²) in [6.07, 6.45) is -0.0739. The Bertz CT molecular complexity index is 986. The van der Waals surface area contributed by atoms with Crippen molar-refractivity contribution in [1.82, 2.24) is 9.62 Å². The normalized spacial score (nSPS) is 11.4. The van der Waals surface area contributed by atoms with E-state index >= 15 is 0 Å². The predicted octanol–water partition coefficient (Wildman–Crippen LogP) is 3.63. The summed E-state index contributed by atoms with van der Waals surface area (Å²) in [5.74, 6) is 0.0724. The van der Waals surface area contributed by atoms with Crippen molar-refractivity contribution in [2.24, 2.45) is 0 Å². The molecule has 0 fully saturated rings. The number of amides is 1. The second-order valence-electron chi connectivity index (χ2n) is 6.68. The Hall–Kier alpha value is -2.49. The monoisotopic (exact) mass is 449 g/mol. The minimum atomic E-state index is -3.53. The summed E-state index contributed by atoms with van der Waals surface area (Å²) in [5, 5.41) is 5.60. The maximum absolute atomic E-state index is 12.6. The molecule has 162 valence electrons. The number of rotatable bonds is 8. The Morgan fingerprint density at radius 1 is 1.07 bits per heavy atom. The lowest BCUT2D eigenvalue weighted by molar-refractivity contribution is 0.0972. The first kappa shape index (κ1) is 23.8. The number of carbonyl (C=O) groups excluding carboxylic acids is 1. The highest BCUT2D eigenvalue weighted by Crippen LogP contribution is 2.20. The van der Waals surface area contributed by atoms with Gasteiger partial charge in [0.15, 0.2) is 5.11 Å². The SMILES string of the molecule is CCN(CC)S(=O)(=O)c1ccc(NC(=S)NC(=O)c2ccccc2OC(C)C)cc1. The van der Waals surface area contributed by atoms with Gasteiger partial charge in [-0.15, -0.1) is 0 Å². The quantitative estimate of drug-likeness (QED) is 0.599. The molecule has 0 aromatic heterocycles. The lowest BCUT2D eigenvalue weighted by Gasteiger charge is -2.18.